The molecule has 0 heterocycles. The van der Waals surface area contributed by atoms with Gasteiger partial charge in [-0.25, -0.2) is 4.39 Å². The van der Waals surface area contributed by atoms with Crippen LogP contribution in [-0.2, 0) is 13.0 Å². The zero-order valence-electron chi connectivity index (χ0n) is 12.0. The summed E-state index contributed by atoms with van der Waals surface area (Å²) in [7, 11) is 0. The SMILES string of the molecule is CCNCCc1ccc(COc2ccc(F)cc2Cl)cc1. The van der Waals surface area contributed by atoms with Crippen molar-refractivity contribution in [3.05, 3.63) is 64.4 Å². The molecule has 0 aliphatic carbocycles. The van der Waals surface area contributed by atoms with Gasteiger partial charge in [-0.1, -0.05) is 42.8 Å². The van der Waals surface area contributed by atoms with E-state index < -0.39 is 0 Å². The third-order valence-electron chi connectivity index (χ3n) is 3.15. The molecule has 0 aliphatic rings. The van der Waals surface area contributed by atoms with Crippen molar-refractivity contribution in [1.29, 1.82) is 0 Å². The van der Waals surface area contributed by atoms with Gasteiger partial charge in [-0.2, -0.15) is 0 Å². The number of hydrogen-bond donors (Lipinski definition) is 1. The van der Waals surface area contributed by atoms with Gasteiger partial charge < -0.3 is 10.1 Å². The standard InChI is InChI=1S/C17H19ClFNO/c1-2-20-10-9-13-3-5-14(6-4-13)12-21-17-8-7-15(19)11-16(17)18/h3-8,11,20H,2,9-10,12H2,1H3. The maximum Gasteiger partial charge on any atom is 0.138 e. The molecule has 0 radical (unpaired) electrons. The Kier molecular flexibility index (Phi) is 6.03. The van der Waals surface area contributed by atoms with Gasteiger partial charge in [0.05, 0.1) is 5.02 Å². The van der Waals surface area contributed by atoms with E-state index in [1.165, 1.54) is 17.7 Å². The number of hydrogen-bond acceptors (Lipinski definition) is 2. The van der Waals surface area contributed by atoms with E-state index in [1.54, 1.807) is 6.07 Å². The van der Waals surface area contributed by atoms with E-state index in [1.807, 2.05) is 12.1 Å². The molecule has 2 nitrogen and oxygen atoms in total. The van der Waals surface area contributed by atoms with Crippen LogP contribution in [0.5, 0.6) is 5.75 Å². The molecule has 4 heteroatoms. The van der Waals surface area contributed by atoms with Crippen LogP contribution in [0.15, 0.2) is 42.5 Å². The molecule has 0 aromatic heterocycles. The third kappa shape index (κ3) is 5.03. The summed E-state index contributed by atoms with van der Waals surface area (Å²) in [6, 6.07) is 12.4. The smallest absolute Gasteiger partial charge is 0.138 e. The lowest BCUT2D eigenvalue weighted by Gasteiger charge is -2.09. The fourth-order valence-electron chi connectivity index (χ4n) is 1.97. The zero-order valence-corrected chi connectivity index (χ0v) is 12.8. The predicted molar refractivity (Wildman–Crippen MR) is 84.4 cm³/mol. The summed E-state index contributed by atoms with van der Waals surface area (Å²) in [4.78, 5) is 0. The van der Waals surface area contributed by atoms with E-state index in [2.05, 4.69) is 24.4 Å². The predicted octanol–water partition coefficient (Wildman–Crippen LogP) is 4.21. The van der Waals surface area contributed by atoms with Crippen LogP contribution in [0.3, 0.4) is 0 Å². The summed E-state index contributed by atoms with van der Waals surface area (Å²) in [6.45, 7) is 4.49. The molecule has 0 saturated heterocycles. The Hall–Kier alpha value is -1.58. The molecule has 0 spiro atoms. The van der Waals surface area contributed by atoms with E-state index in [-0.39, 0.29) is 10.8 Å². The molecule has 21 heavy (non-hydrogen) atoms. The number of halogens is 2. The Labute approximate surface area is 129 Å². The van der Waals surface area contributed by atoms with Crippen molar-refractivity contribution in [2.75, 3.05) is 13.1 Å². The van der Waals surface area contributed by atoms with Gasteiger partial charge in [-0.3, -0.25) is 0 Å². The van der Waals surface area contributed by atoms with Gasteiger partial charge in [-0.05, 0) is 48.8 Å². The van der Waals surface area contributed by atoms with Gasteiger partial charge >= 0.3 is 0 Å². The fourth-order valence-corrected chi connectivity index (χ4v) is 2.19. The summed E-state index contributed by atoms with van der Waals surface area (Å²) < 4.78 is 18.5. The van der Waals surface area contributed by atoms with Crippen LogP contribution < -0.4 is 10.1 Å². The Balaban J connectivity index is 1.88. The summed E-state index contributed by atoms with van der Waals surface area (Å²) >= 11 is 5.92. The Morgan fingerprint density at radius 3 is 2.48 bits per heavy atom. The average Bonchev–Trinajstić information content (AvgIpc) is 2.48. The molecule has 0 aliphatic heterocycles. The van der Waals surface area contributed by atoms with Gasteiger partial charge in [0.2, 0.25) is 0 Å². The van der Waals surface area contributed by atoms with E-state index in [9.17, 15) is 4.39 Å². The van der Waals surface area contributed by atoms with Crippen molar-refractivity contribution >= 4 is 11.6 Å². The largest absolute Gasteiger partial charge is 0.487 e. The Morgan fingerprint density at radius 2 is 1.81 bits per heavy atom. The first kappa shape index (κ1) is 15.8. The summed E-state index contributed by atoms with van der Waals surface area (Å²) in [5.74, 6) is 0.131. The number of rotatable bonds is 7. The summed E-state index contributed by atoms with van der Waals surface area (Å²) in [5, 5.41) is 3.59. The molecule has 0 bridgehead atoms. The minimum absolute atomic E-state index is 0.289. The van der Waals surface area contributed by atoms with Crippen molar-refractivity contribution in [3.63, 3.8) is 0 Å². The number of ether oxygens (including phenoxy) is 1. The first-order chi connectivity index (χ1) is 10.2. The van der Waals surface area contributed by atoms with Crippen LogP contribution in [0.2, 0.25) is 5.02 Å². The molecule has 0 unspecified atom stereocenters. The molecule has 0 amide bonds. The van der Waals surface area contributed by atoms with Gasteiger partial charge in [-0.15, -0.1) is 0 Å². The summed E-state index contributed by atoms with van der Waals surface area (Å²) in [5.41, 5.74) is 2.35. The van der Waals surface area contributed by atoms with Crippen LogP contribution >= 0.6 is 11.6 Å². The first-order valence-corrected chi connectivity index (χ1v) is 7.43. The van der Waals surface area contributed by atoms with Crippen molar-refractivity contribution < 1.29 is 9.13 Å². The number of likely N-dealkylation sites (N-methyl/N-ethyl adjacent to an activating group) is 1. The van der Waals surface area contributed by atoms with E-state index in [4.69, 9.17) is 16.3 Å². The Morgan fingerprint density at radius 1 is 1.10 bits per heavy atom. The molecule has 0 atom stereocenters. The quantitative estimate of drug-likeness (QED) is 0.774. The second kappa shape index (κ2) is 8.01. The topological polar surface area (TPSA) is 21.3 Å². The second-order valence-electron chi connectivity index (χ2n) is 4.78. The van der Waals surface area contributed by atoms with Crippen molar-refractivity contribution in [2.45, 2.75) is 20.0 Å². The van der Waals surface area contributed by atoms with E-state index in [0.717, 1.165) is 25.1 Å². The average molecular weight is 308 g/mol. The van der Waals surface area contributed by atoms with Gasteiger partial charge in [0.25, 0.3) is 0 Å². The second-order valence-corrected chi connectivity index (χ2v) is 5.19. The lowest BCUT2D eigenvalue weighted by molar-refractivity contribution is 0.306. The number of benzene rings is 2. The lowest BCUT2D eigenvalue weighted by atomic mass is 10.1. The molecule has 2 aromatic rings. The molecule has 0 fully saturated rings. The maximum absolute atomic E-state index is 12.9. The Bertz CT molecular complexity index is 572. The minimum atomic E-state index is -0.364. The highest BCUT2D eigenvalue weighted by Crippen LogP contribution is 2.25. The highest BCUT2D eigenvalue weighted by atomic mass is 35.5. The monoisotopic (exact) mass is 307 g/mol. The normalized spacial score (nSPS) is 10.6. The van der Waals surface area contributed by atoms with Crippen LogP contribution in [0.25, 0.3) is 0 Å². The van der Waals surface area contributed by atoms with Crippen LogP contribution in [0.4, 0.5) is 4.39 Å². The molecule has 1 N–H and O–H groups in total. The van der Waals surface area contributed by atoms with Gasteiger partial charge in [0.15, 0.2) is 0 Å². The van der Waals surface area contributed by atoms with Crippen molar-refractivity contribution in [3.8, 4) is 5.75 Å². The van der Waals surface area contributed by atoms with Gasteiger partial charge in [0.1, 0.15) is 18.2 Å². The van der Waals surface area contributed by atoms with Crippen LogP contribution in [-0.4, -0.2) is 13.1 Å². The summed E-state index contributed by atoms with van der Waals surface area (Å²) in [6.07, 6.45) is 1.01. The number of nitrogens with one attached hydrogen (secondary N) is 1. The highest BCUT2D eigenvalue weighted by molar-refractivity contribution is 6.32. The first-order valence-electron chi connectivity index (χ1n) is 7.05. The molecular formula is C17H19ClFNO. The molecule has 0 saturated carbocycles. The lowest BCUT2D eigenvalue weighted by Crippen LogP contribution is -2.15. The van der Waals surface area contributed by atoms with Gasteiger partial charge in [0, 0.05) is 0 Å². The molecular weight excluding hydrogens is 289 g/mol. The van der Waals surface area contributed by atoms with Crippen LogP contribution in [0.1, 0.15) is 18.1 Å². The van der Waals surface area contributed by atoms with E-state index in [0.29, 0.717) is 12.4 Å². The molecule has 112 valence electrons. The molecule has 2 rings (SSSR count). The minimum Gasteiger partial charge on any atom is -0.487 e. The third-order valence-corrected chi connectivity index (χ3v) is 3.45. The van der Waals surface area contributed by atoms with E-state index >= 15 is 0 Å². The molecule has 2 aromatic carbocycles. The van der Waals surface area contributed by atoms with Crippen molar-refractivity contribution in [1.82, 2.24) is 5.32 Å². The van der Waals surface area contributed by atoms with Crippen LogP contribution in [0, 0.1) is 5.82 Å². The zero-order chi connectivity index (χ0) is 15.1. The maximum atomic E-state index is 12.9. The van der Waals surface area contributed by atoms with Crippen molar-refractivity contribution in [2.24, 2.45) is 0 Å². The highest BCUT2D eigenvalue weighted by Gasteiger charge is 2.03. The fraction of sp³-hybridized carbons (Fsp3) is 0.294.